The van der Waals surface area contributed by atoms with E-state index < -0.39 is 14.6 Å². The summed E-state index contributed by atoms with van der Waals surface area (Å²) in [6.45, 7) is 7.90. The molecule has 0 saturated carbocycles. The number of aromatic nitrogens is 2. The van der Waals surface area contributed by atoms with Crippen molar-refractivity contribution in [1.82, 2.24) is 14.9 Å². The van der Waals surface area contributed by atoms with Crippen LogP contribution in [0.4, 0.5) is 0 Å². The Labute approximate surface area is 138 Å². The Morgan fingerprint density at radius 2 is 1.87 bits per heavy atom. The molecule has 0 spiro atoms. The zero-order valence-corrected chi connectivity index (χ0v) is 15.2. The van der Waals surface area contributed by atoms with Gasteiger partial charge in [0.15, 0.2) is 9.84 Å². The first-order valence-electron chi connectivity index (χ1n) is 7.65. The minimum atomic E-state index is -3.09. The molecule has 5 nitrogen and oxygen atoms in total. The first-order chi connectivity index (χ1) is 10.6. The zero-order chi connectivity index (χ0) is 17.3. The van der Waals surface area contributed by atoms with Crippen LogP contribution in [0.2, 0.25) is 0 Å². The summed E-state index contributed by atoms with van der Waals surface area (Å²) in [5.74, 6) is 0.943. The molecule has 1 unspecified atom stereocenters. The average Bonchev–Trinajstić information content (AvgIpc) is 2.90. The van der Waals surface area contributed by atoms with Gasteiger partial charge in [-0.1, -0.05) is 12.1 Å². The lowest BCUT2D eigenvalue weighted by Gasteiger charge is -2.25. The molecule has 2 rings (SSSR count). The summed E-state index contributed by atoms with van der Waals surface area (Å²) in [5, 5.41) is 3.31. The lowest BCUT2D eigenvalue weighted by Crippen LogP contribution is -2.42. The van der Waals surface area contributed by atoms with Crippen molar-refractivity contribution in [3.8, 4) is 5.69 Å². The summed E-state index contributed by atoms with van der Waals surface area (Å²) in [6.07, 6.45) is 4.99. The van der Waals surface area contributed by atoms with Crippen molar-refractivity contribution in [2.24, 2.45) is 0 Å². The fourth-order valence-electron chi connectivity index (χ4n) is 2.22. The molecule has 1 aromatic heterocycles. The Balaban J connectivity index is 2.07. The van der Waals surface area contributed by atoms with E-state index in [4.69, 9.17) is 0 Å². The number of nitrogens with zero attached hydrogens (tertiary/aromatic N) is 2. The molecule has 2 aromatic rings. The van der Waals surface area contributed by atoms with Gasteiger partial charge in [0, 0.05) is 36.9 Å². The molecule has 1 aromatic carbocycles. The molecule has 6 heteroatoms. The van der Waals surface area contributed by atoms with Crippen LogP contribution >= 0.6 is 0 Å². The molecule has 0 amide bonds. The Kier molecular flexibility index (Phi) is 4.96. The van der Waals surface area contributed by atoms with Crippen LogP contribution in [0.25, 0.3) is 5.69 Å². The summed E-state index contributed by atoms with van der Waals surface area (Å²) in [6, 6.07) is 8.28. The Hall–Kier alpha value is -1.66. The second-order valence-electron chi connectivity index (χ2n) is 6.57. The van der Waals surface area contributed by atoms with Gasteiger partial charge in [0.2, 0.25) is 0 Å². The van der Waals surface area contributed by atoms with Crippen molar-refractivity contribution >= 4 is 9.84 Å². The second-order valence-corrected chi connectivity index (χ2v) is 9.22. The largest absolute Gasteiger partial charge is 0.309 e. The smallest absolute Gasteiger partial charge is 0.153 e. The molecule has 0 saturated heterocycles. The summed E-state index contributed by atoms with van der Waals surface area (Å²) < 4.78 is 24.8. The van der Waals surface area contributed by atoms with Crippen LogP contribution in [0.15, 0.2) is 36.7 Å². The van der Waals surface area contributed by atoms with Crippen molar-refractivity contribution in [1.29, 1.82) is 0 Å². The molecule has 0 radical (unpaired) electrons. The van der Waals surface area contributed by atoms with Crippen molar-refractivity contribution in [3.63, 3.8) is 0 Å². The predicted octanol–water partition coefficient (Wildman–Crippen LogP) is 2.65. The lowest BCUT2D eigenvalue weighted by molar-refractivity contribution is 0.489. The third-order valence-corrected chi connectivity index (χ3v) is 6.49. The highest BCUT2D eigenvalue weighted by molar-refractivity contribution is 7.92. The highest BCUT2D eigenvalue weighted by Crippen LogP contribution is 2.19. The van der Waals surface area contributed by atoms with Crippen LogP contribution in [0, 0.1) is 6.92 Å². The van der Waals surface area contributed by atoms with Gasteiger partial charge < -0.3 is 9.88 Å². The van der Waals surface area contributed by atoms with Gasteiger partial charge in [0.25, 0.3) is 0 Å². The third-order valence-electron chi connectivity index (χ3n) is 4.33. The monoisotopic (exact) mass is 335 g/mol. The van der Waals surface area contributed by atoms with Crippen LogP contribution in [0.3, 0.4) is 0 Å². The van der Waals surface area contributed by atoms with Crippen molar-refractivity contribution in [2.75, 3.05) is 12.8 Å². The van der Waals surface area contributed by atoms with Gasteiger partial charge in [-0.2, -0.15) is 0 Å². The topological polar surface area (TPSA) is 64.0 Å². The number of benzene rings is 1. The van der Waals surface area contributed by atoms with Crippen molar-refractivity contribution < 1.29 is 8.42 Å². The van der Waals surface area contributed by atoms with Gasteiger partial charge in [-0.05, 0) is 45.4 Å². The SMILES string of the molecule is Cc1nccn1-c1ccc(C(C)NCC(C)(C)S(C)(=O)=O)cc1. The predicted molar refractivity (Wildman–Crippen MR) is 93.6 cm³/mol. The average molecular weight is 335 g/mol. The minimum absolute atomic E-state index is 0.0777. The molecule has 0 aliphatic carbocycles. The molecule has 1 heterocycles. The highest BCUT2D eigenvalue weighted by Gasteiger charge is 2.30. The third kappa shape index (κ3) is 4.00. The van der Waals surface area contributed by atoms with Crippen LogP contribution in [0.5, 0.6) is 0 Å². The van der Waals surface area contributed by atoms with E-state index in [0.717, 1.165) is 17.1 Å². The fraction of sp³-hybridized carbons (Fsp3) is 0.471. The molecule has 0 bridgehead atoms. The molecule has 0 aliphatic rings. The van der Waals surface area contributed by atoms with E-state index in [1.807, 2.05) is 36.7 Å². The van der Waals surface area contributed by atoms with Crippen molar-refractivity contribution in [3.05, 3.63) is 48.0 Å². The molecule has 0 fully saturated rings. The highest BCUT2D eigenvalue weighted by atomic mass is 32.2. The normalized spacial score (nSPS) is 14.0. The van der Waals surface area contributed by atoms with Gasteiger partial charge in [-0.15, -0.1) is 0 Å². The number of imidazole rings is 1. The Bertz CT molecular complexity index is 761. The van der Waals surface area contributed by atoms with Gasteiger partial charge in [0.1, 0.15) is 5.82 Å². The van der Waals surface area contributed by atoms with E-state index in [1.165, 1.54) is 6.26 Å². The summed E-state index contributed by atoms with van der Waals surface area (Å²) >= 11 is 0. The van der Waals surface area contributed by atoms with Crippen molar-refractivity contribution in [2.45, 2.75) is 38.5 Å². The molecule has 1 atom stereocenters. The van der Waals surface area contributed by atoms with Crippen LogP contribution in [-0.2, 0) is 9.84 Å². The number of hydrogen-bond acceptors (Lipinski definition) is 4. The minimum Gasteiger partial charge on any atom is -0.309 e. The van der Waals surface area contributed by atoms with E-state index in [0.29, 0.717) is 6.54 Å². The fourth-order valence-corrected chi connectivity index (χ4v) is 2.57. The Morgan fingerprint density at radius 1 is 1.26 bits per heavy atom. The second kappa shape index (κ2) is 6.45. The number of nitrogens with one attached hydrogen (secondary N) is 1. The van der Waals surface area contributed by atoms with E-state index >= 15 is 0 Å². The lowest BCUT2D eigenvalue weighted by atomic mass is 10.1. The van der Waals surface area contributed by atoms with E-state index in [2.05, 4.69) is 22.4 Å². The van der Waals surface area contributed by atoms with Crippen LogP contribution in [0.1, 0.15) is 38.2 Å². The molecule has 0 aliphatic heterocycles. The maximum atomic E-state index is 11.8. The number of aryl methyl sites for hydroxylation is 1. The van der Waals surface area contributed by atoms with Crippen LogP contribution in [-0.4, -0.2) is 35.5 Å². The number of rotatable bonds is 6. The van der Waals surface area contributed by atoms with E-state index in [1.54, 1.807) is 20.0 Å². The van der Waals surface area contributed by atoms with Gasteiger partial charge >= 0.3 is 0 Å². The first kappa shape index (κ1) is 17.7. The molecular weight excluding hydrogens is 310 g/mol. The van der Waals surface area contributed by atoms with Crippen LogP contribution < -0.4 is 5.32 Å². The first-order valence-corrected chi connectivity index (χ1v) is 9.54. The molecule has 23 heavy (non-hydrogen) atoms. The van der Waals surface area contributed by atoms with E-state index in [-0.39, 0.29) is 6.04 Å². The van der Waals surface area contributed by atoms with Gasteiger partial charge in [-0.3, -0.25) is 0 Å². The zero-order valence-electron chi connectivity index (χ0n) is 14.4. The standard InChI is InChI=1S/C17H25N3O2S/c1-13(19-12-17(3,4)23(5,21)22)15-6-8-16(9-7-15)20-11-10-18-14(20)2/h6-11,13,19H,12H2,1-5H3. The Morgan fingerprint density at radius 3 is 2.35 bits per heavy atom. The van der Waals surface area contributed by atoms with Gasteiger partial charge in [-0.25, -0.2) is 13.4 Å². The maximum absolute atomic E-state index is 11.8. The van der Waals surface area contributed by atoms with Gasteiger partial charge in [0.05, 0.1) is 4.75 Å². The maximum Gasteiger partial charge on any atom is 0.153 e. The molecular formula is C17H25N3O2S. The summed E-state index contributed by atoms with van der Waals surface area (Å²) in [7, 11) is -3.09. The summed E-state index contributed by atoms with van der Waals surface area (Å²) in [5.41, 5.74) is 2.18. The number of sulfone groups is 1. The molecule has 1 N–H and O–H groups in total. The summed E-state index contributed by atoms with van der Waals surface area (Å²) in [4.78, 5) is 4.22. The van der Waals surface area contributed by atoms with E-state index in [9.17, 15) is 8.42 Å². The number of hydrogen-bond donors (Lipinski definition) is 1. The molecule has 126 valence electrons. The quantitative estimate of drug-likeness (QED) is 0.881.